The molecule has 1 aromatic rings. The Balaban J connectivity index is 2.12. The first-order chi connectivity index (χ1) is 8.08. The van der Waals surface area contributed by atoms with Crippen molar-refractivity contribution in [3.05, 3.63) is 35.4 Å². The standard InChI is InChI=1S/C14H19NO2/c1-9-3-5-11(6-4-9)13(12-7-8-12)15-10(2)14(16)17/h3-6,10,12-13,15H,7-8H2,1-2H3,(H,16,17). The Bertz CT molecular complexity index is 395. The van der Waals surface area contributed by atoms with Gasteiger partial charge in [0, 0.05) is 6.04 Å². The van der Waals surface area contributed by atoms with Crippen LogP contribution in [0.1, 0.15) is 36.9 Å². The van der Waals surface area contributed by atoms with Gasteiger partial charge in [-0.25, -0.2) is 0 Å². The SMILES string of the molecule is Cc1ccc(C(NC(C)C(=O)O)C2CC2)cc1. The van der Waals surface area contributed by atoms with Crippen molar-refractivity contribution in [2.24, 2.45) is 5.92 Å². The van der Waals surface area contributed by atoms with Gasteiger partial charge in [0.1, 0.15) is 6.04 Å². The number of aliphatic carboxylic acids is 1. The van der Waals surface area contributed by atoms with E-state index in [9.17, 15) is 4.79 Å². The van der Waals surface area contributed by atoms with Crippen LogP contribution < -0.4 is 5.32 Å². The molecule has 0 aliphatic heterocycles. The maximum atomic E-state index is 10.9. The third kappa shape index (κ3) is 3.07. The fourth-order valence-corrected chi connectivity index (χ4v) is 2.05. The lowest BCUT2D eigenvalue weighted by Crippen LogP contribution is -2.37. The molecule has 0 aromatic heterocycles. The zero-order valence-corrected chi connectivity index (χ0v) is 10.3. The Morgan fingerprint density at radius 2 is 1.94 bits per heavy atom. The van der Waals surface area contributed by atoms with E-state index in [1.165, 1.54) is 24.0 Å². The summed E-state index contributed by atoms with van der Waals surface area (Å²) in [6.07, 6.45) is 2.38. The van der Waals surface area contributed by atoms with Crippen LogP contribution >= 0.6 is 0 Å². The quantitative estimate of drug-likeness (QED) is 0.821. The Labute approximate surface area is 102 Å². The molecule has 2 atom stereocenters. The monoisotopic (exact) mass is 233 g/mol. The minimum Gasteiger partial charge on any atom is -0.480 e. The van der Waals surface area contributed by atoms with Crippen molar-refractivity contribution < 1.29 is 9.90 Å². The maximum absolute atomic E-state index is 10.9. The molecule has 0 spiro atoms. The van der Waals surface area contributed by atoms with E-state index in [-0.39, 0.29) is 6.04 Å². The molecular weight excluding hydrogens is 214 g/mol. The van der Waals surface area contributed by atoms with Gasteiger partial charge in [-0.1, -0.05) is 29.8 Å². The van der Waals surface area contributed by atoms with Crippen LogP contribution in [-0.4, -0.2) is 17.1 Å². The van der Waals surface area contributed by atoms with E-state index >= 15 is 0 Å². The van der Waals surface area contributed by atoms with Gasteiger partial charge in [0.15, 0.2) is 0 Å². The predicted octanol–water partition coefficient (Wildman–Crippen LogP) is 2.51. The highest BCUT2D eigenvalue weighted by atomic mass is 16.4. The molecule has 2 N–H and O–H groups in total. The van der Waals surface area contributed by atoms with E-state index in [4.69, 9.17) is 5.11 Å². The number of carboxylic acids is 1. The van der Waals surface area contributed by atoms with E-state index in [2.05, 4.69) is 36.5 Å². The fourth-order valence-electron chi connectivity index (χ4n) is 2.05. The van der Waals surface area contributed by atoms with Crippen molar-refractivity contribution >= 4 is 5.97 Å². The highest BCUT2D eigenvalue weighted by molar-refractivity contribution is 5.72. The third-order valence-electron chi connectivity index (χ3n) is 3.33. The number of carboxylic acid groups (broad SMARTS) is 1. The average molecular weight is 233 g/mol. The Morgan fingerprint density at radius 1 is 1.35 bits per heavy atom. The molecule has 2 rings (SSSR count). The lowest BCUT2D eigenvalue weighted by molar-refractivity contribution is -0.139. The molecule has 1 aliphatic rings. The summed E-state index contributed by atoms with van der Waals surface area (Å²) < 4.78 is 0. The van der Waals surface area contributed by atoms with Crippen molar-refractivity contribution in [3.63, 3.8) is 0 Å². The van der Waals surface area contributed by atoms with Gasteiger partial charge in [0.2, 0.25) is 0 Å². The molecule has 2 unspecified atom stereocenters. The molecule has 17 heavy (non-hydrogen) atoms. The number of carbonyl (C=O) groups is 1. The second kappa shape index (κ2) is 4.88. The summed E-state index contributed by atoms with van der Waals surface area (Å²) in [6.45, 7) is 3.76. The van der Waals surface area contributed by atoms with Crippen LogP contribution in [0.2, 0.25) is 0 Å². The van der Waals surface area contributed by atoms with Gasteiger partial charge < -0.3 is 5.11 Å². The molecule has 0 radical (unpaired) electrons. The number of aryl methyl sites for hydroxylation is 1. The highest BCUT2D eigenvalue weighted by Crippen LogP contribution is 2.41. The summed E-state index contributed by atoms with van der Waals surface area (Å²) in [6, 6.07) is 8.04. The molecule has 0 bridgehead atoms. The molecule has 1 fully saturated rings. The van der Waals surface area contributed by atoms with Crippen molar-refractivity contribution in [2.75, 3.05) is 0 Å². The Hall–Kier alpha value is -1.35. The van der Waals surface area contributed by atoms with Crippen molar-refractivity contribution in [1.29, 1.82) is 0 Å². The smallest absolute Gasteiger partial charge is 0.320 e. The maximum Gasteiger partial charge on any atom is 0.320 e. The summed E-state index contributed by atoms with van der Waals surface area (Å²) in [7, 11) is 0. The zero-order chi connectivity index (χ0) is 12.4. The summed E-state index contributed by atoms with van der Waals surface area (Å²) >= 11 is 0. The molecule has 1 aromatic carbocycles. The molecule has 1 saturated carbocycles. The van der Waals surface area contributed by atoms with Crippen LogP contribution in [0, 0.1) is 12.8 Å². The van der Waals surface area contributed by atoms with Gasteiger partial charge in [0.25, 0.3) is 0 Å². The molecule has 0 heterocycles. The van der Waals surface area contributed by atoms with Crippen LogP contribution in [0.5, 0.6) is 0 Å². The molecule has 0 amide bonds. The number of benzene rings is 1. The van der Waals surface area contributed by atoms with Crippen molar-refractivity contribution in [3.8, 4) is 0 Å². The van der Waals surface area contributed by atoms with Crippen molar-refractivity contribution in [2.45, 2.75) is 38.8 Å². The lowest BCUT2D eigenvalue weighted by Gasteiger charge is -2.21. The number of nitrogens with one attached hydrogen (secondary N) is 1. The first kappa shape index (κ1) is 12.1. The third-order valence-corrected chi connectivity index (χ3v) is 3.33. The van der Waals surface area contributed by atoms with Crippen LogP contribution in [0.25, 0.3) is 0 Å². The van der Waals surface area contributed by atoms with Crippen LogP contribution in [-0.2, 0) is 4.79 Å². The van der Waals surface area contributed by atoms with Crippen LogP contribution in [0.3, 0.4) is 0 Å². The first-order valence-corrected chi connectivity index (χ1v) is 6.13. The molecule has 3 heteroatoms. The molecular formula is C14H19NO2. The summed E-state index contributed by atoms with van der Waals surface area (Å²) in [5, 5.41) is 12.2. The summed E-state index contributed by atoms with van der Waals surface area (Å²) in [5.41, 5.74) is 2.43. The van der Waals surface area contributed by atoms with Gasteiger partial charge in [0.05, 0.1) is 0 Å². The van der Waals surface area contributed by atoms with Crippen LogP contribution in [0.4, 0.5) is 0 Å². The van der Waals surface area contributed by atoms with Crippen LogP contribution in [0.15, 0.2) is 24.3 Å². The lowest BCUT2D eigenvalue weighted by atomic mass is 10.0. The summed E-state index contributed by atoms with van der Waals surface area (Å²) in [5.74, 6) is -0.192. The predicted molar refractivity (Wildman–Crippen MR) is 66.9 cm³/mol. The second-order valence-electron chi connectivity index (χ2n) is 4.95. The van der Waals surface area contributed by atoms with E-state index in [0.717, 1.165) is 0 Å². The molecule has 3 nitrogen and oxygen atoms in total. The summed E-state index contributed by atoms with van der Waals surface area (Å²) in [4.78, 5) is 10.9. The van der Waals surface area contributed by atoms with Gasteiger partial charge in [-0.05, 0) is 38.2 Å². The average Bonchev–Trinajstić information content (AvgIpc) is 3.10. The van der Waals surface area contributed by atoms with Gasteiger partial charge in [-0.3, -0.25) is 10.1 Å². The minimum absolute atomic E-state index is 0.182. The Kier molecular flexibility index (Phi) is 3.48. The minimum atomic E-state index is -0.789. The largest absolute Gasteiger partial charge is 0.480 e. The number of hydrogen-bond donors (Lipinski definition) is 2. The number of rotatable bonds is 5. The van der Waals surface area contributed by atoms with E-state index in [1.807, 2.05) is 0 Å². The van der Waals surface area contributed by atoms with Crippen molar-refractivity contribution in [1.82, 2.24) is 5.32 Å². The topological polar surface area (TPSA) is 49.3 Å². The Morgan fingerprint density at radius 3 is 2.41 bits per heavy atom. The highest BCUT2D eigenvalue weighted by Gasteiger charge is 2.33. The van der Waals surface area contributed by atoms with Gasteiger partial charge in [-0.15, -0.1) is 0 Å². The number of hydrogen-bond acceptors (Lipinski definition) is 2. The normalized spacial score (nSPS) is 18.7. The van der Waals surface area contributed by atoms with E-state index in [1.54, 1.807) is 6.92 Å². The fraction of sp³-hybridized carbons (Fsp3) is 0.500. The second-order valence-corrected chi connectivity index (χ2v) is 4.95. The molecule has 1 aliphatic carbocycles. The molecule has 92 valence electrons. The van der Waals surface area contributed by atoms with E-state index in [0.29, 0.717) is 5.92 Å². The van der Waals surface area contributed by atoms with E-state index < -0.39 is 12.0 Å². The first-order valence-electron chi connectivity index (χ1n) is 6.13. The zero-order valence-electron chi connectivity index (χ0n) is 10.3. The molecule has 0 saturated heterocycles. The van der Waals surface area contributed by atoms with Gasteiger partial charge in [-0.2, -0.15) is 0 Å². The van der Waals surface area contributed by atoms with Gasteiger partial charge >= 0.3 is 5.97 Å².